The Morgan fingerprint density at radius 2 is 1.76 bits per heavy atom. The number of fused-ring (bicyclic) bond motifs is 1. The van der Waals surface area contributed by atoms with Crippen LogP contribution in [0.2, 0.25) is 0 Å². The molecule has 0 amide bonds. The van der Waals surface area contributed by atoms with Crippen LogP contribution in [-0.4, -0.2) is 25.8 Å². The van der Waals surface area contributed by atoms with Crippen molar-refractivity contribution in [3.05, 3.63) is 54.1 Å². The molecule has 0 radical (unpaired) electrons. The third-order valence-electron chi connectivity index (χ3n) is 2.61. The molecule has 0 aliphatic carbocycles. The van der Waals surface area contributed by atoms with Crippen LogP contribution in [0.3, 0.4) is 0 Å². The average molecular weight is 286 g/mol. The van der Waals surface area contributed by atoms with Crippen molar-refractivity contribution in [2.45, 2.75) is 0 Å². The number of para-hydroxylation sites is 1. The zero-order valence-electron chi connectivity index (χ0n) is 8.96. The molecule has 0 bridgehead atoms. The molecule has 0 unspecified atom stereocenters. The van der Waals surface area contributed by atoms with Crippen molar-refractivity contribution in [3.8, 4) is 10.1 Å². The predicted molar refractivity (Wildman–Crippen MR) is 69.5 cm³/mol. The Morgan fingerprint density at radius 1 is 1.00 bits per heavy atom. The third kappa shape index (κ3) is 1.84. The van der Waals surface area contributed by atoms with Gasteiger partial charge in [-0.2, -0.15) is 0 Å². The molecule has 2 aromatic carbocycles. The second-order valence-electron chi connectivity index (χ2n) is 3.69. The van der Waals surface area contributed by atoms with Crippen LogP contribution in [0.15, 0.2) is 48.5 Å². The average Bonchev–Trinajstić information content (AvgIpc) is 2.82. The summed E-state index contributed by atoms with van der Waals surface area (Å²) in [5.74, 6) is 0. The Morgan fingerprint density at radius 3 is 2.59 bits per heavy atom. The van der Waals surface area contributed by atoms with Gasteiger partial charge in [-0.1, -0.05) is 0 Å². The molecule has 0 saturated heterocycles. The maximum absolute atomic E-state index is 11.0. The first-order valence-electron chi connectivity index (χ1n) is 5.28. The Hall–Kier alpha value is -1.70. The van der Waals surface area contributed by atoms with Gasteiger partial charge in [0.15, 0.2) is 0 Å². The zero-order valence-corrected chi connectivity index (χ0v) is 10.7. The number of aromatic nitrogens is 1. The van der Waals surface area contributed by atoms with E-state index in [2.05, 4.69) is 11.1 Å². The summed E-state index contributed by atoms with van der Waals surface area (Å²) in [5.41, 5.74) is 2.74. The van der Waals surface area contributed by atoms with E-state index in [-0.39, 0.29) is 14.5 Å². The Labute approximate surface area is 105 Å². The van der Waals surface area contributed by atoms with Crippen molar-refractivity contribution in [2.75, 3.05) is 0 Å². The van der Waals surface area contributed by atoms with Gasteiger partial charge in [-0.25, -0.2) is 0 Å². The van der Waals surface area contributed by atoms with E-state index in [1.54, 1.807) is 0 Å². The summed E-state index contributed by atoms with van der Waals surface area (Å²) in [6.07, 6.45) is 0.900. The van der Waals surface area contributed by atoms with E-state index < -0.39 is 0 Å². The van der Waals surface area contributed by atoms with E-state index in [0.29, 0.717) is 0 Å². The summed E-state index contributed by atoms with van der Waals surface area (Å²) < 4.78 is 2.33. The molecule has 0 spiro atoms. The number of hydrogen-bond acceptors (Lipinski definition) is 2. The quantitative estimate of drug-likeness (QED) is 0.535. The van der Waals surface area contributed by atoms with Gasteiger partial charge in [0.2, 0.25) is 0 Å². The third-order valence-corrected chi connectivity index (χ3v) is 4.86. The Bertz CT molecular complexity index is 654. The minimum atomic E-state index is 0.204. The number of rotatable bonds is 2. The van der Waals surface area contributed by atoms with E-state index in [4.69, 9.17) is 0 Å². The van der Waals surface area contributed by atoms with Gasteiger partial charge in [-0.05, 0) is 0 Å². The van der Waals surface area contributed by atoms with Gasteiger partial charge in [0.1, 0.15) is 0 Å². The van der Waals surface area contributed by atoms with Gasteiger partial charge in [-0.3, -0.25) is 0 Å². The summed E-state index contributed by atoms with van der Waals surface area (Å²) in [4.78, 5) is 15.6. The number of carbonyl (C=O) groups is 1. The van der Waals surface area contributed by atoms with Crippen LogP contribution in [0, 0.1) is 0 Å². The van der Waals surface area contributed by atoms with Gasteiger partial charge in [-0.15, -0.1) is 0 Å². The number of aldehydes is 1. The van der Waals surface area contributed by atoms with Crippen LogP contribution < -0.4 is 0 Å². The van der Waals surface area contributed by atoms with Crippen molar-refractivity contribution in [2.24, 2.45) is 0 Å². The van der Waals surface area contributed by atoms with Crippen molar-refractivity contribution in [1.82, 2.24) is 4.98 Å². The summed E-state index contributed by atoms with van der Waals surface area (Å²) in [6, 6.07) is 15.8. The van der Waals surface area contributed by atoms with Crippen LogP contribution in [0.4, 0.5) is 0 Å². The molecular formula is C14H9NOSe. The van der Waals surface area contributed by atoms with Crippen molar-refractivity contribution < 1.29 is 4.79 Å². The van der Waals surface area contributed by atoms with Gasteiger partial charge in [0.05, 0.1) is 0 Å². The minimum absolute atomic E-state index is 0.204. The molecule has 1 aromatic heterocycles. The molecule has 0 atom stereocenters. The topological polar surface area (TPSA) is 30.0 Å². The van der Waals surface area contributed by atoms with Crippen molar-refractivity contribution >= 4 is 30.6 Å². The fourth-order valence-electron chi connectivity index (χ4n) is 1.78. The monoisotopic (exact) mass is 287 g/mol. The summed E-state index contributed by atoms with van der Waals surface area (Å²) in [5, 5.41) is 0. The molecule has 2 nitrogen and oxygen atoms in total. The van der Waals surface area contributed by atoms with E-state index >= 15 is 0 Å². The second kappa shape index (κ2) is 4.28. The fourth-order valence-corrected chi connectivity index (χ4v) is 3.91. The molecule has 17 heavy (non-hydrogen) atoms. The van der Waals surface area contributed by atoms with Gasteiger partial charge < -0.3 is 0 Å². The molecule has 82 valence electrons. The van der Waals surface area contributed by atoms with Crippen molar-refractivity contribution in [3.63, 3.8) is 0 Å². The van der Waals surface area contributed by atoms with E-state index in [1.807, 2.05) is 42.5 Å². The molecule has 3 aromatic rings. The normalized spacial score (nSPS) is 10.6. The zero-order chi connectivity index (χ0) is 11.7. The molecule has 0 fully saturated rings. The number of carbonyl (C=O) groups excluding carboxylic acids is 1. The van der Waals surface area contributed by atoms with Gasteiger partial charge >= 0.3 is 105 Å². The predicted octanol–water partition coefficient (Wildman–Crippen LogP) is 2.77. The Kier molecular flexibility index (Phi) is 2.63. The fraction of sp³-hybridized carbons (Fsp3) is 0. The standard InChI is InChI=1S/C14H9NOSe/c16-9-10-5-1-2-6-11(10)14-15-12-7-3-4-8-13(12)17-14/h1-9H. The molecule has 3 heteroatoms. The van der Waals surface area contributed by atoms with Gasteiger partial charge in [0.25, 0.3) is 0 Å². The van der Waals surface area contributed by atoms with E-state index in [1.165, 1.54) is 4.26 Å². The first kappa shape index (κ1) is 10.5. The van der Waals surface area contributed by atoms with E-state index in [9.17, 15) is 4.79 Å². The van der Waals surface area contributed by atoms with E-state index in [0.717, 1.165) is 27.5 Å². The molecule has 0 aliphatic rings. The molecule has 0 N–H and O–H groups in total. The maximum atomic E-state index is 11.0. The molecule has 0 saturated carbocycles. The van der Waals surface area contributed by atoms with Crippen molar-refractivity contribution in [1.29, 1.82) is 0 Å². The molecule has 3 rings (SSSR count). The summed E-state index contributed by atoms with van der Waals surface area (Å²) in [6.45, 7) is 0. The van der Waals surface area contributed by atoms with Crippen LogP contribution in [0.5, 0.6) is 0 Å². The molecule has 1 heterocycles. The molecule has 0 aliphatic heterocycles. The van der Waals surface area contributed by atoms with Crippen LogP contribution in [0.25, 0.3) is 19.9 Å². The van der Waals surface area contributed by atoms with Crippen LogP contribution >= 0.6 is 0 Å². The van der Waals surface area contributed by atoms with Gasteiger partial charge in [0, 0.05) is 0 Å². The summed E-state index contributed by atoms with van der Waals surface area (Å²) in [7, 11) is 0. The number of hydrogen-bond donors (Lipinski definition) is 0. The first-order valence-corrected chi connectivity index (χ1v) is 7.00. The summed E-state index contributed by atoms with van der Waals surface area (Å²) >= 11 is 0.204. The SMILES string of the molecule is O=Cc1ccccc1-c1nc2ccccc2[se]1. The molecular weight excluding hydrogens is 277 g/mol. The number of benzene rings is 2. The first-order chi connectivity index (χ1) is 8.38. The Balaban J connectivity index is 2.23. The number of nitrogens with zero attached hydrogens (tertiary/aromatic N) is 1. The van der Waals surface area contributed by atoms with Crippen LogP contribution in [0.1, 0.15) is 10.4 Å². The van der Waals surface area contributed by atoms with Crippen LogP contribution in [-0.2, 0) is 0 Å². The second-order valence-corrected chi connectivity index (χ2v) is 5.85.